The van der Waals surface area contributed by atoms with E-state index in [9.17, 15) is 27.6 Å². The molecule has 320 valence electrons. The first kappa shape index (κ1) is 41.1. The van der Waals surface area contributed by atoms with E-state index in [1.807, 2.05) is 34.9 Å². The van der Waals surface area contributed by atoms with Gasteiger partial charge in [0.05, 0.1) is 4.90 Å². The van der Waals surface area contributed by atoms with Gasteiger partial charge >= 0.3 is 0 Å². The predicted molar refractivity (Wildman–Crippen MR) is 231 cm³/mol. The van der Waals surface area contributed by atoms with Crippen molar-refractivity contribution in [1.82, 2.24) is 34.0 Å². The highest BCUT2D eigenvalue weighted by Gasteiger charge is 2.39. The Morgan fingerprint density at radius 1 is 0.934 bits per heavy atom. The fourth-order valence-corrected chi connectivity index (χ4v) is 11.2. The van der Waals surface area contributed by atoms with Crippen molar-refractivity contribution in [2.75, 3.05) is 31.5 Å². The van der Waals surface area contributed by atoms with Gasteiger partial charge in [0, 0.05) is 86.9 Å². The average Bonchev–Trinajstić information content (AvgIpc) is 3.78. The molecule has 0 radical (unpaired) electrons. The van der Waals surface area contributed by atoms with Crippen molar-refractivity contribution in [2.45, 2.75) is 107 Å². The summed E-state index contributed by atoms with van der Waals surface area (Å²) in [6.45, 7) is 5.72. The summed E-state index contributed by atoms with van der Waals surface area (Å²) in [7, 11) is -3.71. The zero-order valence-electron chi connectivity index (χ0n) is 34.7. The number of aryl methyl sites for hydroxylation is 1. The Labute approximate surface area is 356 Å². The van der Waals surface area contributed by atoms with E-state index in [0.717, 1.165) is 73.7 Å². The van der Waals surface area contributed by atoms with E-state index in [4.69, 9.17) is 4.98 Å². The van der Waals surface area contributed by atoms with Crippen molar-refractivity contribution in [3.8, 4) is 0 Å². The summed E-state index contributed by atoms with van der Waals surface area (Å²) in [5.41, 5.74) is 4.25. The van der Waals surface area contributed by atoms with Crippen molar-refractivity contribution in [3.63, 3.8) is 0 Å². The molecule has 0 bridgehead atoms. The third kappa shape index (κ3) is 9.05. The molecule has 15 heteroatoms. The summed E-state index contributed by atoms with van der Waals surface area (Å²) in [5, 5.41) is 6.63. The number of benzene rings is 2. The Morgan fingerprint density at radius 3 is 2.51 bits per heavy atom. The van der Waals surface area contributed by atoms with E-state index in [-0.39, 0.29) is 35.9 Å². The zero-order valence-corrected chi connectivity index (χ0v) is 35.5. The molecule has 4 aromatic rings. The second-order valence-electron chi connectivity index (χ2n) is 17.7. The summed E-state index contributed by atoms with van der Waals surface area (Å²) < 4.78 is 31.4. The number of carbonyl (C=O) groups is 3. The molecule has 14 nitrogen and oxygen atoms in total. The van der Waals surface area contributed by atoms with Crippen LogP contribution in [-0.4, -0.2) is 93.0 Å². The number of sulfonamides is 1. The highest BCUT2D eigenvalue weighted by atomic mass is 32.2. The molecule has 0 spiro atoms. The van der Waals surface area contributed by atoms with E-state index in [1.165, 1.54) is 0 Å². The maximum absolute atomic E-state index is 14.0. The lowest BCUT2D eigenvalue weighted by Gasteiger charge is -2.32. The Hall–Kier alpha value is -5.25. The predicted octanol–water partition coefficient (Wildman–Crippen LogP) is 5.19. The van der Waals surface area contributed by atoms with Crippen LogP contribution in [0.15, 0.2) is 82.6 Å². The number of pyridine rings is 1. The number of piperidine rings is 2. The first-order valence-electron chi connectivity index (χ1n) is 21.9. The number of anilines is 1. The van der Waals surface area contributed by atoms with E-state index in [0.29, 0.717) is 79.3 Å². The molecule has 2 aromatic carbocycles. The molecule has 3 aliphatic heterocycles. The van der Waals surface area contributed by atoms with Gasteiger partial charge in [-0.1, -0.05) is 56.2 Å². The zero-order chi connectivity index (χ0) is 42.3. The van der Waals surface area contributed by atoms with Crippen LogP contribution in [0.5, 0.6) is 0 Å². The number of imide groups is 1. The summed E-state index contributed by atoms with van der Waals surface area (Å²) in [4.78, 5) is 63.8. The van der Waals surface area contributed by atoms with Crippen molar-refractivity contribution in [1.29, 1.82) is 0 Å². The van der Waals surface area contributed by atoms with Crippen molar-refractivity contribution < 1.29 is 22.8 Å². The third-order valence-corrected chi connectivity index (χ3v) is 15.0. The van der Waals surface area contributed by atoms with Crippen LogP contribution in [0.1, 0.15) is 97.8 Å². The van der Waals surface area contributed by atoms with Gasteiger partial charge in [0.15, 0.2) is 0 Å². The van der Waals surface area contributed by atoms with Gasteiger partial charge in [0.1, 0.15) is 11.7 Å². The van der Waals surface area contributed by atoms with Crippen LogP contribution >= 0.6 is 0 Å². The first-order chi connectivity index (χ1) is 29.5. The molecule has 2 unspecified atom stereocenters. The van der Waals surface area contributed by atoms with Crippen LogP contribution < -0.4 is 16.2 Å². The van der Waals surface area contributed by atoms with Gasteiger partial charge in [-0.25, -0.2) is 13.4 Å². The normalized spacial score (nSPS) is 20.8. The standard InChI is InChI=1S/C46H54N8O6S/c1-30(9-10-31-13-15-39-35(23-31)29-53(45(39)58)40-16-17-41(55)49-44(40)57)26-51(27-32-11-12-32)28-33-5-4-8-38(24-33)61(59,60)52-21-19-36(20-22-52)48-46-47-25-34-14-18-42(56)54(43(34)50-46)37-6-2-3-7-37/h4-5,8,11-15,18,23-25,30,32,36-37,40H,2-3,6-7,9-10,16-17,19-22,26-29H2,1H3,(H,47,48,50)(H,49,55,57). The van der Waals surface area contributed by atoms with E-state index in [2.05, 4.69) is 45.7 Å². The molecule has 2 aromatic heterocycles. The number of nitrogens with zero attached hydrogens (tertiary/aromatic N) is 6. The second-order valence-corrected chi connectivity index (χ2v) is 19.6. The minimum absolute atomic E-state index is 0.000527. The summed E-state index contributed by atoms with van der Waals surface area (Å²) in [5.74, 6) is 0.374. The molecule has 3 amide bonds. The number of hydrogen-bond acceptors (Lipinski definition) is 10. The SMILES string of the molecule is CC(CCc1ccc2c(c1)CN(C1CCC(=O)NC1=O)C2=O)CN(Cc1cccc(S(=O)(=O)N2CCC(Nc3ncc4ccc(=O)n(C5CCCC5)c4n3)CC2)c1)CC1C=C1. The third-order valence-electron chi connectivity index (χ3n) is 13.1. The molecule has 9 rings (SSSR count). The largest absolute Gasteiger partial charge is 0.351 e. The van der Waals surface area contributed by atoms with Gasteiger partial charge in [-0.15, -0.1) is 0 Å². The van der Waals surface area contributed by atoms with Crippen LogP contribution in [0.3, 0.4) is 0 Å². The number of amides is 3. The minimum Gasteiger partial charge on any atom is -0.351 e. The van der Waals surface area contributed by atoms with Crippen LogP contribution in [0.2, 0.25) is 0 Å². The van der Waals surface area contributed by atoms with E-state index >= 15 is 0 Å². The molecule has 2 N–H and O–H groups in total. The highest BCUT2D eigenvalue weighted by molar-refractivity contribution is 7.89. The number of carbonyl (C=O) groups excluding carboxylic acids is 3. The van der Waals surface area contributed by atoms with E-state index < -0.39 is 22.0 Å². The average molecular weight is 847 g/mol. The topological polar surface area (TPSA) is 167 Å². The molecule has 2 aliphatic carbocycles. The summed E-state index contributed by atoms with van der Waals surface area (Å²) in [6, 6.07) is 16.2. The number of fused-ring (bicyclic) bond motifs is 2. The molecule has 3 fully saturated rings. The lowest BCUT2D eigenvalue weighted by atomic mass is 9.97. The van der Waals surface area contributed by atoms with E-state index in [1.54, 1.807) is 33.6 Å². The highest BCUT2D eigenvalue weighted by Crippen LogP contribution is 2.32. The van der Waals surface area contributed by atoms with Gasteiger partial charge in [0.25, 0.3) is 11.5 Å². The second kappa shape index (κ2) is 17.3. The van der Waals surface area contributed by atoms with Gasteiger partial charge in [-0.2, -0.15) is 9.29 Å². The van der Waals surface area contributed by atoms with Crippen LogP contribution in [-0.2, 0) is 39.1 Å². The van der Waals surface area contributed by atoms with Gasteiger partial charge in [-0.05, 0) is 91.8 Å². The molecule has 61 heavy (non-hydrogen) atoms. The molecular weight excluding hydrogens is 793 g/mol. The van der Waals surface area contributed by atoms with Crippen molar-refractivity contribution >= 4 is 44.7 Å². The van der Waals surface area contributed by atoms with Crippen LogP contribution in [0.25, 0.3) is 11.0 Å². The first-order valence-corrected chi connectivity index (χ1v) is 23.3. The molecule has 2 saturated heterocycles. The summed E-state index contributed by atoms with van der Waals surface area (Å²) in [6.07, 6.45) is 13.9. The van der Waals surface area contributed by atoms with Gasteiger partial charge in [0.2, 0.25) is 27.8 Å². The number of aromatic nitrogens is 3. The number of hydrogen-bond donors (Lipinski definition) is 2. The fraction of sp³-hybridized carbons (Fsp3) is 0.478. The Bertz CT molecular complexity index is 2540. The molecule has 5 aliphatic rings. The minimum atomic E-state index is -3.71. The van der Waals surface area contributed by atoms with Crippen LogP contribution in [0, 0.1) is 11.8 Å². The quantitative estimate of drug-likeness (QED) is 0.120. The Morgan fingerprint density at radius 2 is 1.74 bits per heavy atom. The molecular formula is C46H54N8O6S. The Balaban J connectivity index is 0.790. The maximum Gasteiger partial charge on any atom is 0.255 e. The molecule has 1 saturated carbocycles. The number of rotatable bonds is 15. The lowest BCUT2D eigenvalue weighted by Crippen LogP contribution is -2.52. The number of nitrogens with one attached hydrogen (secondary N) is 2. The monoisotopic (exact) mass is 846 g/mol. The maximum atomic E-state index is 14.0. The van der Waals surface area contributed by atoms with Crippen LogP contribution in [0.4, 0.5) is 5.95 Å². The smallest absolute Gasteiger partial charge is 0.255 e. The molecule has 2 atom stereocenters. The fourth-order valence-electron chi connectivity index (χ4n) is 9.69. The lowest BCUT2D eigenvalue weighted by molar-refractivity contribution is -0.136. The van der Waals surface area contributed by atoms with Gasteiger partial charge in [-0.3, -0.25) is 34.0 Å². The molecule has 5 heterocycles. The summed E-state index contributed by atoms with van der Waals surface area (Å²) >= 11 is 0. The Kier molecular flexibility index (Phi) is 11.6. The van der Waals surface area contributed by atoms with Crippen molar-refractivity contribution in [2.24, 2.45) is 11.8 Å². The van der Waals surface area contributed by atoms with Crippen molar-refractivity contribution in [3.05, 3.63) is 106 Å². The van der Waals surface area contributed by atoms with Gasteiger partial charge < -0.3 is 10.2 Å².